The molecular weight excluding hydrogens is 232 g/mol. The van der Waals surface area contributed by atoms with Crippen LogP contribution in [0.25, 0.3) is 0 Å². The minimum absolute atomic E-state index is 0.00351. The van der Waals surface area contributed by atoms with Crippen molar-refractivity contribution in [1.29, 1.82) is 0 Å². The molecule has 2 amide bonds. The van der Waals surface area contributed by atoms with Gasteiger partial charge in [0.05, 0.1) is 12.3 Å². The third kappa shape index (κ3) is 2.72. The zero-order valence-corrected chi connectivity index (χ0v) is 10.7. The van der Waals surface area contributed by atoms with Crippen LogP contribution in [0, 0.1) is 0 Å². The monoisotopic (exact) mass is 250 g/mol. The van der Waals surface area contributed by atoms with Crippen molar-refractivity contribution in [3.63, 3.8) is 0 Å². The van der Waals surface area contributed by atoms with Gasteiger partial charge in [0.2, 0.25) is 11.8 Å². The molecular formula is C13H18N2O3. The van der Waals surface area contributed by atoms with Crippen LogP contribution in [0.15, 0.2) is 16.7 Å². The van der Waals surface area contributed by atoms with E-state index in [1.54, 1.807) is 13.2 Å². The Labute approximate surface area is 106 Å². The second-order valence-corrected chi connectivity index (χ2v) is 4.67. The van der Waals surface area contributed by atoms with Crippen LogP contribution in [-0.2, 0) is 16.0 Å². The lowest BCUT2D eigenvalue weighted by atomic mass is 9.93. The van der Waals surface area contributed by atoms with Crippen LogP contribution in [0.4, 0.5) is 0 Å². The van der Waals surface area contributed by atoms with E-state index in [0.717, 1.165) is 30.6 Å². The number of fused-ring (bicyclic) bond motifs is 1. The molecule has 0 bridgehead atoms. The van der Waals surface area contributed by atoms with Gasteiger partial charge in [0.15, 0.2) is 0 Å². The molecule has 0 fully saturated rings. The van der Waals surface area contributed by atoms with Gasteiger partial charge >= 0.3 is 0 Å². The summed E-state index contributed by atoms with van der Waals surface area (Å²) in [6.07, 6.45) is 4.49. The Morgan fingerprint density at radius 3 is 3.00 bits per heavy atom. The SMILES string of the molecule is CC(=O)N[C@@H](C)C(=O)N[C@H]1CCCc2occc21. The molecule has 1 aliphatic rings. The molecule has 0 saturated carbocycles. The molecule has 0 saturated heterocycles. The van der Waals surface area contributed by atoms with Gasteiger partial charge in [0, 0.05) is 18.9 Å². The number of hydrogen-bond donors (Lipinski definition) is 2. The molecule has 0 aliphatic heterocycles. The molecule has 5 heteroatoms. The predicted molar refractivity (Wildman–Crippen MR) is 65.8 cm³/mol. The Morgan fingerprint density at radius 1 is 1.50 bits per heavy atom. The smallest absolute Gasteiger partial charge is 0.242 e. The molecule has 98 valence electrons. The Kier molecular flexibility index (Phi) is 3.69. The van der Waals surface area contributed by atoms with Crippen molar-refractivity contribution in [3.8, 4) is 0 Å². The quantitative estimate of drug-likeness (QED) is 0.849. The lowest BCUT2D eigenvalue weighted by Gasteiger charge is -2.24. The molecule has 2 N–H and O–H groups in total. The number of rotatable bonds is 3. The molecule has 1 heterocycles. The summed E-state index contributed by atoms with van der Waals surface area (Å²) in [5, 5.41) is 5.53. The maximum Gasteiger partial charge on any atom is 0.242 e. The summed E-state index contributed by atoms with van der Waals surface area (Å²) in [6.45, 7) is 3.08. The summed E-state index contributed by atoms with van der Waals surface area (Å²) in [5.41, 5.74) is 1.06. The Balaban J connectivity index is 1.99. The summed E-state index contributed by atoms with van der Waals surface area (Å²) in [5.74, 6) is 0.591. The first-order chi connectivity index (χ1) is 8.58. The molecule has 1 aromatic rings. The van der Waals surface area contributed by atoms with Crippen molar-refractivity contribution in [2.45, 2.75) is 45.2 Å². The first kappa shape index (κ1) is 12.7. The van der Waals surface area contributed by atoms with Crippen LogP contribution in [0.3, 0.4) is 0 Å². The van der Waals surface area contributed by atoms with Gasteiger partial charge in [0.1, 0.15) is 11.8 Å². The van der Waals surface area contributed by atoms with Crippen LogP contribution in [0.5, 0.6) is 0 Å². The zero-order valence-electron chi connectivity index (χ0n) is 10.7. The number of carbonyl (C=O) groups is 2. The van der Waals surface area contributed by atoms with Gasteiger partial charge in [-0.15, -0.1) is 0 Å². The van der Waals surface area contributed by atoms with E-state index in [9.17, 15) is 9.59 Å². The predicted octanol–water partition coefficient (Wildman–Crippen LogP) is 1.30. The van der Waals surface area contributed by atoms with Gasteiger partial charge < -0.3 is 15.1 Å². The van der Waals surface area contributed by atoms with E-state index < -0.39 is 6.04 Å². The molecule has 2 atom stereocenters. The summed E-state index contributed by atoms with van der Waals surface area (Å²) >= 11 is 0. The third-order valence-corrected chi connectivity index (χ3v) is 3.18. The van der Waals surface area contributed by atoms with Gasteiger partial charge in [-0.1, -0.05) is 0 Å². The highest BCUT2D eigenvalue weighted by atomic mass is 16.3. The molecule has 1 aliphatic carbocycles. The van der Waals surface area contributed by atoms with Crippen LogP contribution >= 0.6 is 0 Å². The fourth-order valence-corrected chi connectivity index (χ4v) is 2.30. The van der Waals surface area contributed by atoms with E-state index >= 15 is 0 Å². The second-order valence-electron chi connectivity index (χ2n) is 4.67. The fourth-order valence-electron chi connectivity index (χ4n) is 2.30. The van der Waals surface area contributed by atoms with Crippen LogP contribution in [0.2, 0.25) is 0 Å². The van der Waals surface area contributed by atoms with Crippen molar-refractivity contribution in [2.75, 3.05) is 0 Å². The van der Waals surface area contributed by atoms with Crippen LogP contribution < -0.4 is 10.6 Å². The molecule has 0 spiro atoms. The summed E-state index contributed by atoms with van der Waals surface area (Å²) in [4.78, 5) is 22.8. The first-order valence-electron chi connectivity index (χ1n) is 6.21. The lowest BCUT2D eigenvalue weighted by molar-refractivity contribution is -0.128. The van der Waals surface area contributed by atoms with Gasteiger partial charge in [-0.2, -0.15) is 0 Å². The minimum atomic E-state index is -0.514. The van der Waals surface area contributed by atoms with Crippen molar-refractivity contribution in [1.82, 2.24) is 10.6 Å². The number of carbonyl (C=O) groups excluding carboxylic acids is 2. The van der Waals surface area contributed by atoms with E-state index in [0.29, 0.717) is 0 Å². The molecule has 1 aromatic heterocycles. The largest absolute Gasteiger partial charge is 0.469 e. The molecule has 5 nitrogen and oxygen atoms in total. The molecule has 18 heavy (non-hydrogen) atoms. The van der Waals surface area contributed by atoms with Gasteiger partial charge in [-0.05, 0) is 25.8 Å². The van der Waals surface area contributed by atoms with E-state index in [4.69, 9.17) is 4.42 Å². The molecule has 0 aromatic carbocycles. The third-order valence-electron chi connectivity index (χ3n) is 3.18. The normalized spacial score (nSPS) is 19.8. The van der Waals surface area contributed by atoms with E-state index in [-0.39, 0.29) is 17.9 Å². The Morgan fingerprint density at radius 2 is 2.28 bits per heavy atom. The fraction of sp³-hybridized carbons (Fsp3) is 0.538. The number of nitrogens with one attached hydrogen (secondary N) is 2. The number of hydrogen-bond acceptors (Lipinski definition) is 3. The molecule has 0 unspecified atom stereocenters. The average molecular weight is 250 g/mol. The number of amides is 2. The van der Waals surface area contributed by atoms with Crippen LogP contribution in [-0.4, -0.2) is 17.9 Å². The summed E-state index contributed by atoms with van der Waals surface area (Å²) in [7, 11) is 0. The highest BCUT2D eigenvalue weighted by Gasteiger charge is 2.25. The van der Waals surface area contributed by atoms with Crippen LogP contribution in [0.1, 0.15) is 44.1 Å². The van der Waals surface area contributed by atoms with Gasteiger partial charge in [-0.25, -0.2) is 0 Å². The van der Waals surface area contributed by atoms with E-state index in [1.807, 2.05) is 6.07 Å². The van der Waals surface area contributed by atoms with E-state index in [2.05, 4.69) is 10.6 Å². The minimum Gasteiger partial charge on any atom is -0.469 e. The van der Waals surface area contributed by atoms with Crippen molar-refractivity contribution in [3.05, 3.63) is 23.7 Å². The van der Waals surface area contributed by atoms with E-state index in [1.165, 1.54) is 6.92 Å². The number of aryl methyl sites for hydroxylation is 1. The maximum atomic E-state index is 11.9. The molecule has 0 radical (unpaired) electrons. The standard InChI is InChI=1S/C13H18N2O3/c1-8(14-9(2)16)13(17)15-11-4-3-5-12-10(11)6-7-18-12/h6-8,11H,3-5H2,1-2H3,(H,14,16)(H,15,17)/t8-,11-/m0/s1. The van der Waals surface area contributed by atoms with Crippen molar-refractivity contribution in [2.24, 2.45) is 0 Å². The van der Waals surface area contributed by atoms with Crippen molar-refractivity contribution >= 4 is 11.8 Å². The summed E-state index contributed by atoms with van der Waals surface area (Å²) in [6, 6.07) is 1.39. The lowest BCUT2D eigenvalue weighted by Crippen LogP contribution is -2.45. The number of furan rings is 1. The Hall–Kier alpha value is -1.78. The molecule has 2 rings (SSSR count). The zero-order chi connectivity index (χ0) is 13.1. The highest BCUT2D eigenvalue weighted by Crippen LogP contribution is 2.30. The Bertz CT molecular complexity index is 453. The summed E-state index contributed by atoms with van der Waals surface area (Å²) < 4.78 is 5.37. The van der Waals surface area contributed by atoms with Gasteiger partial charge in [-0.3, -0.25) is 9.59 Å². The maximum absolute atomic E-state index is 11.9. The van der Waals surface area contributed by atoms with Crippen molar-refractivity contribution < 1.29 is 14.0 Å². The average Bonchev–Trinajstić information content (AvgIpc) is 2.77. The second kappa shape index (κ2) is 5.25. The van der Waals surface area contributed by atoms with Gasteiger partial charge in [0.25, 0.3) is 0 Å². The topological polar surface area (TPSA) is 71.3 Å². The first-order valence-corrected chi connectivity index (χ1v) is 6.21. The highest BCUT2D eigenvalue weighted by molar-refractivity contribution is 5.86.